The molecule has 2 aromatic rings. The number of nitrogens with zero attached hydrogens (tertiary/aromatic N) is 2. The molecule has 0 bridgehead atoms. The van der Waals surface area contributed by atoms with Crippen LogP contribution in [0.1, 0.15) is 24.4 Å². The van der Waals surface area contributed by atoms with Gasteiger partial charge in [-0.3, -0.25) is 15.0 Å². The summed E-state index contributed by atoms with van der Waals surface area (Å²) in [5.74, 6) is 1.06. The number of amides is 3. The van der Waals surface area contributed by atoms with Gasteiger partial charge in [-0.2, -0.15) is 0 Å². The molecule has 2 heterocycles. The van der Waals surface area contributed by atoms with Crippen molar-refractivity contribution >= 4 is 34.1 Å². The first-order valence-corrected chi connectivity index (χ1v) is 10.5. The number of hydrogen-bond acceptors (Lipinski definition) is 7. The Labute approximate surface area is 179 Å². The second kappa shape index (κ2) is 9.77. The zero-order chi connectivity index (χ0) is 21.7. The van der Waals surface area contributed by atoms with E-state index in [1.807, 2.05) is 13.8 Å². The number of ether oxygens (including phenoxy) is 2. The lowest BCUT2D eigenvalue weighted by atomic mass is 10.2. The average Bonchev–Trinajstić information content (AvgIpc) is 3.08. The zero-order valence-corrected chi connectivity index (χ0v) is 18.4. The zero-order valence-electron chi connectivity index (χ0n) is 17.6. The molecule has 0 aliphatic carbocycles. The van der Waals surface area contributed by atoms with Gasteiger partial charge in [0, 0.05) is 42.2 Å². The van der Waals surface area contributed by atoms with Crippen molar-refractivity contribution in [1.82, 2.24) is 15.2 Å². The predicted octanol–water partition coefficient (Wildman–Crippen LogP) is 2.69. The van der Waals surface area contributed by atoms with Crippen LogP contribution in [0.25, 0.3) is 0 Å². The topological polar surface area (TPSA) is 105 Å². The lowest BCUT2D eigenvalue weighted by Crippen LogP contribution is -2.36. The van der Waals surface area contributed by atoms with Crippen molar-refractivity contribution in [2.45, 2.75) is 32.9 Å². The van der Waals surface area contributed by atoms with Gasteiger partial charge in [0.2, 0.25) is 5.91 Å². The van der Waals surface area contributed by atoms with Gasteiger partial charge >= 0.3 is 6.03 Å². The van der Waals surface area contributed by atoms with Gasteiger partial charge in [0.1, 0.15) is 0 Å². The van der Waals surface area contributed by atoms with Crippen LogP contribution in [0, 0.1) is 0 Å². The summed E-state index contributed by atoms with van der Waals surface area (Å²) in [6.07, 6.45) is 0.739. The Kier molecular flexibility index (Phi) is 7.11. The molecule has 3 rings (SSSR count). The lowest BCUT2D eigenvalue weighted by molar-refractivity contribution is -0.117. The fourth-order valence-electron chi connectivity index (χ4n) is 3.15. The van der Waals surface area contributed by atoms with Crippen LogP contribution in [-0.4, -0.2) is 55.2 Å². The SMILES string of the molecule is COc1ccc(NC(=O)CN2CCc3nc(NC(=O)NC(C)C)sc3C2)cc1OC. The first-order valence-electron chi connectivity index (χ1n) is 9.68. The Morgan fingerprint density at radius 1 is 1.20 bits per heavy atom. The van der Waals surface area contributed by atoms with Crippen molar-refractivity contribution in [3.8, 4) is 11.5 Å². The Hall–Kier alpha value is -2.85. The van der Waals surface area contributed by atoms with Crippen molar-refractivity contribution in [1.29, 1.82) is 0 Å². The largest absolute Gasteiger partial charge is 0.493 e. The maximum atomic E-state index is 12.5. The minimum Gasteiger partial charge on any atom is -0.493 e. The number of anilines is 2. The van der Waals surface area contributed by atoms with E-state index in [-0.39, 0.29) is 24.5 Å². The average molecular weight is 434 g/mol. The third-order valence-corrected chi connectivity index (χ3v) is 5.48. The van der Waals surface area contributed by atoms with Crippen molar-refractivity contribution in [2.24, 2.45) is 0 Å². The molecule has 3 N–H and O–H groups in total. The number of thiazole rings is 1. The van der Waals surface area contributed by atoms with Gasteiger partial charge in [-0.25, -0.2) is 9.78 Å². The van der Waals surface area contributed by atoms with Crippen LogP contribution < -0.4 is 25.4 Å². The van der Waals surface area contributed by atoms with Gasteiger partial charge in [-0.1, -0.05) is 0 Å². The molecule has 1 aromatic carbocycles. The van der Waals surface area contributed by atoms with Crippen molar-refractivity contribution in [3.05, 3.63) is 28.8 Å². The second-order valence-corrected chi connectivity index (χ2v) is 8.30. The van der Waals surface area contributed by atoms with Crippen molar-refractivity contribution < 1.29 is 19.1 Å². The molecule has 9 nitrogen and oxygen atoms in total. The number of rotatable bonds is 7. The van der Waals surface area contributed by atoms with Gasteiger partial charge in [-0.15, -0.1) is 11.3 Å². The number of benzene rings is 1. The van der Waals surface area contributed by atoms with Crippen LogP contribution in [0.15, 0.2) is 18.2 Å². The van der Waals surface area contributed by atoms with E-state index in [1.165, 1.54) is 11.3 Å². The molecule has 0 saturated carbocycles. The quantitative estimate of drug-likeness (QED) is 0.620. The van der Waals surface area contributed by atoms with Crippen LogP contribution >= 0.6 is 11.3 Å². The number of urea groups is 1. The molecule has 1 aliphatic heterocycles. The van der Waals surface area contributed by atoms with E-state index >= 15 is 0 Å². The number of carbonyl (C=O) groups is 2. The van der Waals surface area contributed by atoms with E-state index in [2.05, 4.69) is 25.8 Å². The van der Waals surface area contributed by atoms with Gasteiger partial charge in [-0.05, 0) is 26.0 Å². The Morgan fingerprint density at radius 2 is 1.97 bits per heavy atom. The Bertz CT molecular complexity index is 915. The van der Waals surface area contributed by atoms with E-state index in [0.29, 0.717) is 28.9 Å². The number of hydrogen-bond donors (Lipinski definition) is 3. The molecule has 0 unspecified atom stereocenters. The van der Waals surface area contributed by atoms with E-state index in [0.717, 1.165) is 23.5 Å². The summed E-state index contributed by atoms with van der Waals surface area (Å²) < 4.78 is 10.5. The van der Waals surface area contributed by atoms with Gasteiger partial charge in [0.05, 0.1) is 26.5 Å². The Balaban J connectivity index is 1.56. The van der Waals surface area contributed by atoms with Crippen LogP contribution in [-0.2, 0) is 17.8 Å². The number of aromatic nitrogens is 1. The molecule has 0 spiro atoms. The molecule has 0 fully saturated rings. The number of carbonyl (C=O) groups excluding carboxylic acids is 2. The number of nitrogens with one attached hydrogen (secondary N) is 3. The lowest BCUT2D eigenvalue weighted by Gasteiger charge is -2.25. The van der Waals surface area contributed by atoms with E-state index in [9.17, 15) is 9.59 Å². The van der Waals surface area contributed by atoms with Gasteiger partial charge in [0.15, 0.2) is 16.6 Å². The molecular weight excluding hydrogens is 406 g/mol. The summed E-state index contributed by atoms with van der Waals surface area (Å²) in [7, 11) is 3.12. The molecule has 30 heavy (non-hydrogen) atoms. The summed E-state index contributed by atoms with van der Waals surface area (Å²) in [5, 5.41) is 9.03. The standard InChI is InChI=1S/C20H27N5O4S/c1-12(2)21-19(27)24-20-23-14-7-8-25(10-17(14)30-20)11-18(26)22-13-5-6-15(28-3)16(9-13)29-4/h5-6,9,12H,7-8,10-11H2,1-4H3,(H,22,26)(H2,21,23,24,27). The molecule has 162 valence electrons. The summed E-state index contributed by atoms with van der Waals surface area (Å²) >= 11 is 1.45. The number of fused-ring (bicyclic) bond motifs is 1. The first kappa shape index (κ1) is 21.8. The minimum atomic E-state index is -0.262. The van der Waals surface area contributed by atoms with Crippen LogP contribution in [0.4, 0.5) is 15.6 Å². The normalized spacial score (nSPS) is 13.5. The highest BCUT2D eigenvalue weighted by atomic mass is 32.1. The van der Waals surface area contributed by atoms with Crippen molar-refractivity contribution in [3.63, 3.8) is 0 Å². The summed E-state index contributed by atoms with van der Waals surface area (Å²) in [6.45, 7) is 5.42. The molecule has 10 heteroatoms. The number of methoxy groups -OCH3 is 2. The highest BCUT2D eigenvalue weighted by Crippen LogP contribution is 2.30. The van der Waals surface area contributed by atoms with Gasteiger partial charge in [0.25, 0.3) is 0 Å². The third kappa shape index (κ3) is 5.61. The third-order valence-electron chi connectivity index (χ3n) is 4.49. The van der Waals surface area contributed by atoms with Crippen LogP contribution in [0.5, 0.6) is 11.5 Å². The van der Waals surface area contributed by atoms with Crippen LogP contribution in [0.3, 0.4) is 0 Å². The minimum absolute atomic E-state index is 0.0549. The monoisotopic (exact) mass is 433 g/mol. The van der Waals surface area contributed by atoms with Gasteiger partial charge < -0.3 is 20.1 Å². The Morgan fingerprint density at radius 3 is 2.67 bits per heavy atom. The highest BCUT2D eigenvalue weighted by Gasteiger charge is 2.23. The molecule has 0 saturated heterocycles. The summed E-state index contributed by atoms with van der Waals surface area (Å²) in [4.78, 5) is 32.0. The highest BCUT2D eigenvalue weighted by molar-refractivity contribution is 7.15. The van der Waals surface area contributed by atoms with E-state index in [4.69, 9.17) is 9.47 Å². The maximum Gasteiger partial charge on any atom is 0.321 e. The molecular formula is C20H27N5O4S. The van der Waals surface area contributed by atoms with Crippen molar-refractivity contribution in [2.75, 3.05) is 37.9 Å². The molecule has 0 atom stereocenters. The molecule has 1 aromatic heterocycles. The summed E-state index contributed by atoms with van der Waals surface area (Å²) in [6, 6.07) is 5.05. The second-order valence-electron chi connectivity index (χ2n) is 7.22. The maximum absolute atomic E-state index is 12.5. The fourth-order valence-corrected chi connectivity index (χ4v) is 4.20. The van der Waals surface area contributed by atoms with E-state index < -0.39 is 0 Å². The van der Waals surface area contributed by atoms with E-state index in [1.54, 1.807) is 32.4 Å². The molecule has 0 radical (unpaired) electrons. The first-order chi connectivity index (χ1) is 14.4. The van der Waals surface area contributed by atoms with Crippen LogP contribution in [0.2, 0.25) is 0 Å². The molecule has 3 amide bonds. The smallest absolute Gasteiger partial charge is 0.321 e. The fraction of sp³-hybridized carbons (Fsp3) is 0.450. The predicted molar refractivity (Wildman–Crippen MR) is 117 cm³/mol. The summed E-state index contributed by atoms with van der Waals surface area (Å²) in [5.41, 5.74) is 1.63. The molecule has 1 aliphatic rings.